The predicted octanol–water partition coefficient (Wildman–Crippen LogP) is 3.45. The summed E-state index contributed by atoms with van der Waals surface area (Å²) >= 11 is 0. The molecule has 3 atom stereocenters. The van der Waals surface area contributed by atoms with Crippen molar-refractivity contribution in [1.29, 1.82) is 0 Å². The molecule has 2 saturated heterocycles. The number of nitrogens with one attached hydrogen (secondary N) is 2. The molecule has 0 amide bonds. The van der Waals surface area contributed by atoms with Crippen LogP contribution in [0, 0.1) is 17.6 Å². The number of hydrazine groups is 1. The van der Waals surface area contributed by atoms with Crippen LogP contribution in [0.25, 0.3) is 0 Å². The number of halogens is 2. The third kappa shape index (κ3) is 4.19. The molecule has 4 rings (SSSR count). The molecule has 4 nitrogen and oxygen atoms in total. The lowest BCUT2D eigenvalue weighted by atomic mass is 9.81. The van der Waals surface area contributed by atoms with E-state index in [0.717, 1.165) is 50.3 Å². The van der Waals surface area contributed by atoms with Gasteiger partial charge in [0.05, 0.1) is 7.11 Å². The zero-order chi connectivity index (χ0) is 19.5. The van der Waals surface area contributed by atoms with Gasteiger partial charge in [0.2, 0.25) is 0 Å². The van der Waals surface area contributed by atoms with Gasteiger partial charge in [0.1, 0.15) is 5.75 Å². The van der Waals surface area contributed by atoms with Crippen molar-refractivity contribution in [2.75, 3.05) is 26.7 Å². The number of ether oxygens (including phenoxy) is 1. The van der Waals surface area contributed by atoms with Crippen molar-refractivity contribution in [3.63, 3.8) is 0 Å². The highest BCUT2D eigenvalue weighted by molar-refractivity contribution is 5.28. The minimum Gasteiger partial charge on any atom is -0.497 e. The Hall–Kier alpha value is -2.02. The number of rotatable bonds is 5. The lowest BCUT2D eigenvalue weighted by molar-refractivity contribution is 0.139. The van der Waals surface area contributed by atoms with Crippen molar-refractivity contribution in [2.24, 2.45) is 5.92 Å². The Labute approximate surface area is 164 Å². The summed E-state index contributed by atoms with van der Waals surface area (Å²) in [6, 6.07) is 12.7. The van der Waals surface area contributed by atoms with E-state index in [1.165, 1.54) is 17.7 Å². The van der Waals surface area contributed by atoms with E-state index in [1.807, 2.05) is 12.1 Å². The highest BCUT2D eigenvalue weighted by Gasteiger charge is 2.36. The molecule has 2 N–H and O–H groups in total. The molecular weight excluding hydrogens is 360 g/mol. The summed E-state index contributed by atoms with van der Waals surface area (Å²) in [4.78, 5) is 2.48. The van der Waals surface area contributed by atoms with E-state index < -0.39 is 11.6 Å². The Morgan fingerprint density at radius 3 is 2.86 bits per heavy atom. The average molecular weight is 387 g/mol. The lowest BCUT2D eigenvalue weighted by Gasteiger charge is -2.37. The number of hydrogen-bond acceptors (Lipinski definition) is 4. The number of methoxy groups -OCH3 is 1. The van der Waals surface area contributed by atoms with E-state index in [-0.39, 0.29) is 12.0 Å². The molecule has 0 bridgehead atoms. The van der Waals surface area contributed by atoms with Gasteiger partial charge >= 0.3 is 0 Å². The molecule has 6 heteroatoms. The van der Waals surface area contributed by atoms with Crippen LogP contribution in [0.3, 0.4) is 0 Å². The van der Waals surface area contributed by atoms with Gasteiger partial charge in [0.25, 0.3) is 0 Å². The molecular formula is C22H27F2N3O. The lowest BCUT2D eigenvalue weighted by Crippen LogP contribution is -2.46. The zero-order valence-corrected chi connectivity index (χ0v) is 16.1. The van der Waals surface area contributed by atoms with Crippen molar-refractivity contribution in [1.82, 2.24) is 15.8 Å². The second kappa shape index (κ2) is 8.55. The van der Waals surface area contributed by atoms with Crippen molar-refractivity contribution < 1.29 is 13.5 Å². The Kier molecular flexibility index (Phi) is 5.90. The normalized spacial score (nSPS) is 25.8. The Morgan fingerprint density at radius 1 is 1.14 bits per heavy atom. The molecule has 2 aliphatic rings. The molecule has 2 fully saturated rings. The molecule has 0 saturated carbocycles. The van der Waals surface area contributed by atoms with E-state index in [4.69, 9.17) is 4.74 Å². The first-order chi connectivity index (χ1) is 13.6. The SMILES string of the molecule is COc1cccc(CN2CCCC(C3NNCC3c3ccc(F)c(F)c3)C2)c1. The molecule has 2 aromatic carbocycles. The molecule has 0 aliphatic carbocycles. The third-order valence-corrected chi connectivity index (χ3v) is 5.99. The number of benzene rings is 2. The van der Waals surface area contributed by atoms with E-state index in [2.05, 4.69) is 27.9 Å². The fourth-order valence-corrected chi connectivity index (χ4v) is 4.59. The van der Waals surface area contributed by atoms with Gasteiger partial charge in [-0.25, -0.2) is 8.78 Å². The summed E-state index contributed by atoms with van der Waals surface area (Å²) in [7, 11) is 1.69. The van der Waals surface area contributed by atoms with Gasteiger partial charge in [-0.1, -0.05) is 18.2 Å². The summed E-state index contributed by atoms with van der Waals surface area (Å²) in [5.41, 5.74) is 8.73. The van der Waals surface area contributed by atoms with Crippen molar-refractivity contribution >= 4 is 0 Å². The van der Waals surface area contributed by atoms with Crippen LogP contribution in [0.15, 0.2) is 42.5 Å². The van der Waals surface area contributed by atoms with E-state index in [1.54, 1.807) is 13.2 Å². The van der Waals surface area contributed by atoms with Gasteiger partial charge in [-0.15, -0.1) is 0 Å². The van der Waals surface area contributed by atoms with Crippen LogP contribution >= 0.6 is 0 Å². The van der Waals surface area contributed by atoms with Crippen LogP contribution in [-0.4, -0.2) is 37.7 Å². The average Bonchev–Trinajstić information content (AvgIpc) is 3.20. The minimum absolute atomic E-state index is 0.136. The monoisotopic (exact) mass is 387 g/mol. The highest BCUT2D eigenvalue weighted by atomic mass is 19.2. The number of nitrogens with zero attached hydrogens (tertiary/aromatic N) is 1. The number of hydrogen-bond donors (Lipinski definition) is 2. The molecule has 150 valence electrons. The van der Waals surface area contributed by atoms with Crippen molar-refractivity contribution in [2.45, 2.75) is 31.3 Å². The van der Waals surface area contributed by atoms with Crippen LogP contribution < -0.4 is 15.6 Å². The first-order valence-corrected chi connectivity index (χ1v) is 9.92. The number of piperidine rings is 1. The highest BCUT2D eigenvalue weighted by Crippen LogP contribution is 2.32. The Balaban J connectivity index is 1.45. The molecule has 2 aromatic rings. The van der Waals surface area contributed by atoms with E-state index in [0.29, 0.717) is 5.92 Å². The summed E-state index contributed by atoms with van der Waals surface area (Å²) < 4.78 is 32.4. The van der Waals surface area contributed by atoms with Crippen LogP contribution in [0.4, 0.5) is 8.78 Å². The minimum atomic E-state index is -0.790. The molecule has 3 unspecified atom stereocenters. The van der Waals surface area contributed by atoms with Crippen LogP contribution in [0.2, 0.25) is 0 Å². The summed E-state index contributed by atoms with van der Waals surface area (Å²) in [5.74, 6) is -0.0942. The smallest absolute Gasteiger partial charge is 0.159 e. The van der Waals surface area contributed by atoms with Gasteiger partial charge in [-0.05, 0) is 60.7 Å². The van der Waals surface area contributed by atoms with Gasteiger partial charge < -0.3 is 4.74 Å². The fourth-order valence-electron chi connectivity index (χ4n) is 4.59. The molecule has 28 heavy (non-hydrogen) atoms. The van der Waals surface area contributed by atoms with Gasteiger partial charge in [0.15, 0.2) is 11.6 Å². The predicted molar refractivity (Wildman–Crippen MR) is 105 cm³/mol. The maximum absolute atomic E-state index is 13.7. The maximum Gasteiger partial charge on any atom is 0.159 e. The fraction of sp³-hybridized carbons (Fsp3) is 0.455. The third-order valence-electron chi connectivity index (χ3n) is 5.99. The van der Waals surface area contributed by atoms with Crippen LogP contribution in [-0.2, 0) is 6.54 Å². The molecule has 2 aliphatic heterocycles. The largest absolute Gasteiger partial charge is 0.497 e. The van der Waals surface area contributed by atoms with Crippen molar-refractivity contribution in [3.8, 4) is 5.75 Å². The Morgan fingerprint density at radius 2 is 2.04 bits per heavy atom. The molecule has 0 radical (unpaired) electrons. The quantitative estimate of drug-likeness (QED) is 0.824. The number of likely N-dealkylation sites (tertiary alicyclic amines) is 1. The van der Waals surface area contributed by atoms with Crippen LogP contribution in [0.5, 0.6) is 5.75 Å². The van der Waals surface area contributed by atoms with Gasteiger partial charge in [0, 0.05) is 31.6 Å². The first kappa shape index (κ1) is 19.3. The first-order valence-electron chi connectivity index (χ1n) is 9.92. The summed E-state index contributed by atoms with van der Waals surface area (Å²) in [5, 5.41) is 0. The second-order valence-electron chi connectivity index (χ2n) is 7.82. The standard InChI is InChI=1S/C22H27F2N3O/c1-28-18-6-2-4-15(10-18)13-27-9-3-5-17(14-27)22-19(12-25-26-22)16-7-8-20(23)21(24)11-16/h2,4,6-8,10-11,17,19,22,25-26H,3,5,9,12-14H2,1H3. The molecule has 0 aromatic heterocycles. The van der Waals surface area contributed by atoms with Crippen LogP contribution in [0.1, 0.15) is 29.9 Å². The molecule has 0 spiro atoms. The van der Waals surface area contributed by atoms with Gasteiger partial charge in [-0.3, -0.25) is 15.8 Å². The summed E-state index contributed by atoms with van der Waals surface area (Å²) in [6.07, 6.45) is 2.27. The maximum atomic E-state index is 13.7. The summed E-state index contributed by atoms with van der Waals surface area (Å²) in [6.45, 7) is 3.67. The molecule has 2 heterocycles. The zero-order valence-electron chi connectivity index (χ0n) is 16.1. The van der Waals surface area contributed by atoms with Crippen molar-refractivity contribution in [3.05, 3.63) is 65.2 Å². The topological polar surface area (TPSA) is 36.5 Å². The van der Waals surface area contributed by atoms with E-state index in [9.17, 15) is 8.78 Å². The van der Waals surface area contributed by atoms with E-state index >= 15 is 0 Å². The Bertz CT molecular complexity index is 816. The van der Waals surface area contributed by atoms with Gasteiger partial charge in [-0.2, -0.15) is 0 Å². The second-order valence-corrected chi connectivity index (χ2v) is 7.82.